The fourth-order valence-corrected chi connectivity index (χ4v) is 5.41. The van der Waals surface area contributed by atoms with Crippen molar-refractivity contribution in [1.29, 1.82) is 0 Å². The molecule has 0 radical (unpaired) electrons. The lowest BCUT2D eigenvalue weighted by Crippen LogP contribution is -2.29. The molecule has 2 aromatic carbocycles. The van der Waals surface area contributed by atoms with Gasteiger partial charge in [-0.05, 0) is 49.1 Å². The van der Waals surface area contributed by atoms with Gasteiger partial charge < -0.3 is 10.3 Å². The number of H-pyrrole nitrogens is 1. The van der Waals surface area contributed by atoms with E-state index in [9.17, 15) is 13.2 Å². The first-order valence-corrected chi connectivity index (χ1v) is 11.4. The SMILES string of the molecule is O=C(NCCc1c[nH]c2ccccc12)c1cc(S(=O)(=O)N2CCCC2)ccc1Cl. The molecule has 0 spiro atoms. The highest BCUT2D eigenvalue weighted by Gasteiger charge is 2.28. The maximum atomic E-state index is 12.8. The third kappa shape index (κ3) is 4.03. The minimum Gasteiger partial charge on any atom is -0.361 e. The summed E-state index contributed by atoms with van der Waals surface area (Å²) in [5, 5.41) is 4.20. The van der Waals surface area contributed by atoms with Gasteiger partial charge in [-0.1, -0.05) is 29.8 Å². The number of nitrogens with zero attached hydrogens (tertiary/aromatic N) is 1. The summed E-state index contributed by atoms with van der Waals surface area (Å²) < 4.78 is 27.0. The molecule has 1 fully saturated rings. The first kappa shape index (κ1) is 19.9. The minimum atomic E-state index is -3.60. The first-order chi connectivity index (χ1) is 14.0. The van der Waals surface area contributed by atoms with Crippen molar-refractivity contribution in [1.82, 2.24) is 14.6 Å². The average molecular weight is 432 g/mol. The van der Waals surface area contributed by atoms with E-state index in [4.69, 9.17) is 11.6 Å². The van der Waals surface area contributed by atoms with Crippen LogP contribution in [0.3, 0.4) is 0 Å². The topological polar surface area (TPSA) is 82.3 Å². The fraction of sp³-hybridized carbons (Fsp3) is 0.286. The van der Waals surface area contributed by atoms with Gasteiger partial charge in [-0.2, -0.15) is 4.31 Å². The number of rotatable bonds is 6. The van der Waals surface area contributed by atoms with Crippen molar-refractivity contribution >= 4 is 38.4 Å². The molecular formula is C21H22ClN3O3S. The molecule has 1 saturated heterocycles. The molecule has 0 bridgehead atoms. The highest BCUT2D eigenvalue weighted by Crippen LogP contribution is 2.25. The monoisotopic (exact) mass is 431 g/mol. The van der Waals surface area contributed by atoms with Gasteiger partial charge in [0.25, 0.3) is 5.91 Å². The molecule has 1 aliphatic rings. The van der Waals surface area contributed by atoms with Gasteiger partial charge in [0.05, 0.1) is 15.5 Å². The zero-order chi connectivity index (χ0) is 20.4. The number of fused-ring (bicyclic) bond motifs is 1. The molecule has 0 saturated carbocycles. The van der Waals surface area contributed by atoms with Crippen LogP contribution >= 0.6 is 11.6 Å². The Balaban J connectivity index is 1.47. The lowest BCUT2D eigenvalue weighted by atomic mass is 10.1. The van der Waals surface area contributed by atoms with Gasteiger partial charge in [0.2, 0.25) is 10.0 Å². The highest BCUT2D eigenvalue weighted by molar-refractivity contribution is 7.89. The van der Waals surface area contributed by atoms with E-state index in [0.717, 1.165) is 29.3 Å². The van der Waals surface area contributed by atoms with Crippen molar-refractivity contribution in [2.24, 2.45) is 0 Å². The van der Waals surface area contributed by atoms with Crippen LogP contribution in [0.1, 0.15) is 28.8 Å². The number of benzene rings is 2. The number of carbonyl (C=O) groups is 1. The van der Waals surface area contributed by atoms with Crippen molar-refractivity contribution in [3.63, 3.8) is 0 Å². The molecule has 2 N–H and O–H groups in total. The largest absolute Gasteiger partial charge is 0.361 e. The number of halogens is 1. The molecule has 0 aliphatic carbocycles. The Bertz CT molecular complexity index is 1150. The molecule has 0 atom stereocenters. The van der Waals surface area contributed by atoms with Crippen molar-refractivity contribution in [2.75, 3.05) is 19.6 Å². The summed E-state index contributed by atoms with van der Waals surface area (Å²) in [6.45, 7) is 1.44. The number of para-hydroxylation sites is 1. The molecule has 3 aromatic rings. The number of amides is 1. The number of hydrogen-bond donors (Lipinski definition) is 2. The Hall–Kier alpha value is -2.35. The molecule has 29 heavy (non-hydrogen) atoms. The van der Waals surface area contributed by atoms with E-state index in [0.29, 0.717) is 26.1 Å². The number of nitrogens with one attached hydrogen (secondary N) is 2. The Labute approximate surface area is 174 Å². The smallest absolute Gasteiger partial charge is 0.252 e. The maximum Gasteiger partial charge on any atom is 0.252 e. The molecule has 1 aromatic heterocycles. The molecular weight excluding hydrogens is 410 g/mol. The Kier molecular flexibility index (Phi) is 5.63. The molecule has 152 valence electrons. The summed E-state index contributed by atoms with van der Waals surface area (Å²) in [5.74, 6) is -0.381. The number of aromatic amines is 1. The van der Waals surface area contributed by atoms with Crippen molar-refractivity contribution in [3.05, 3.63) is 64.8 Å². The van der Waals surface area contributed by atoms with Gasteiger partial charge >= 0.3 is 0 Å². The van der Waals surface area contributed by atoms with E-state index >= 15 is 0 Å². The number of carbonyl (C=O) groups excluding carboxylic acids is 1. The third-order valence-electron chi connectivity index (χ3n) is 5.24. The molecule has 8 heteroatoms. The van der Waals surface area contributed by atoms with Crippen LogP contribution < -0.4 is 5.32 Å². The minimum absolute atomic E-state index is 0.102. The third-order valence-corrected chi connectivity index (χ3v) is 7.46. The van der Waals surface area contributed by atoms with Crippen molar-refractivity contribution in [2.45, 2.75) is 24.2 Å². The van der Waals surface area contributed by atoms with Crippen LogP contribution in [0.4, 0.5) is 0 Å². The van der Waals surface area contributed by atoms with Gasteiger partial charge in [0.15, 0.2) is 0 Å². The quantitative estimate of drug-likeness (QED) is 0.625. The van der Waals surface area contributed by atoms with Crippen LogP contribution in [0.5, 0.6) is 0 Å². The highest BCUT2D eigenvalue weighted by atomic mass is 35.5. The van der Waals surface area contributed by atoms with E-state index in [-0.39, 0.29) is 21.4 Å². The van der Waals surface area contributed by atoms with Crippen molar-refractivity contribution < 1.29 is 13.2 Å². The number of sulfonamides is 1. The van der Waals surface area contributed by atoms with Gasteiger partial charge in [0.1, 0.15) is 0 Å². The van der Waals surface area contributed by atoms with E-state index in [1.165, 1.54) is 22.5 Å². The van der Waals surface area contributed by atoms with E-state index < -0.39 is 10.0 Å². The summed E-state index contributed by atoms with van der Waals surface area (Å²) >= 11 is 6.18. The Morgan fingerprint density at radius 1 is 1.14 bits per heavy atom. The van der Waals surface area contributed by atoms with Crippen LogP contribution in [0.25, 0.3) is 10.9 Å². The van der Waals surface area contributed by atoms with Crippen LogP contribution in [-0.4, -0.2) is 43.2 Å². The molecule has 6 nitrogen and oxygen atoms in total. The predicted molar refractivity (Wildman–Crippen MR) is 114 cm³/mol. The summed E-state index contributed by atoms with van der Waals surface area (Å²) in [7, 11) is -3.60. The summed E-state index contributed by atoms with van der Waals surface area (Å²) in [6.07, 6.45) is 4.30. The molecule has 0 unspecified atom stereocenters. The zero-order valence-electron chi connectivity index (χ0n) is 15.8. The second kappa shape index (κ2) is 8.18. The van der Waals surface area contributed by atoms with Gasteiger partial charge in [-0.3, -0.25) is 4.79 Å². The first-order valence-electron chi connectivity index (χ1n) is 9.60. The zero-order valence-corrected chi connectivity index (χ0v) is 17.4. The van der Waals surface area contributed by atoms with Crippen LogP contribution in [-0.2, 0) is 16.4 Å². The Morgan fingerprint density at radius 2 is 1.90 bits per heavy atom. The second-order valence-electron chi connectivity index (χ2n) is 7.12. The van der Waals surface area contributed by atoms with Gasteiger partial charge in [-0.25, -0.2) is 8.42 Å². The lowest BCUT2D eigenvalue weighted by molar-refractivity contribution is 0.0954. The molecule has 1 amide bonds. The molecule has 4 rings (SSSR count). The number of hydrogen-bond acceptors (Lipinski definition) is 3. The second-order valence-corrected chi connectivity index (χ2v) is 9.46. The average Bonchev–Trinajstić information content (AvgIpc) is 3.39. The van der Waals surface area contributed by atoms with E-state index in [2.05, 4.69) is 10.3 Å². The maximum absolute atomic E-state index is 12.8. The van der Waals surface area contributed by atoms with E-state index in [1.807, 2.05) is 30.5 Å². The number of aromatic nitrogens is 1. The summed E-state index contributed by atoms with van der Waals surface area (Å²) in [5.41, 5.74) is 2.33. The molecule has 1 aliphatic heterocycles. The van der Waals surface area contributed by atoms with Crippen LogP contribution in [0.15, 0.2) is 53.6 Å². The Morgan fingerprint density at radius 3 is 2.69 bits per heavy atom. The predicted octanol–water partition coefficient (Wildman–Crippen LogP) is 3.58. The van der Waals surface area contributed by atoms with Crippen LogP contribution in [0, 0.1) is 0 Å². The van der Waals surface area contributed by atoms with E-state index in [1.54, 1.807) is 0 Å². The van der Waals surface area contributed by atoms with Crippen molar-refractivity contribution in [3.8, 4) is 0 Å². The summed E-state index contributed by atoms with van der Waals surface area (Å²) in [6, 6.07) is 12.3. The van der Waals surface area contributed by atoms with Gasteiger partial charge in [0, 0.05) is 36.7 Å². The fourth-order valence-electron chi connectivity index (χ4n) is 3.66. The standard InChI is InChI=1S/C21H22ClN3O3S/c22-19-8-7-16(29(27,28)25-11-3-4-12-25)13-18(19)21(26)23-10-9-15-14-24-20-6-2-1-5-17(15)20/h1-2,5-8,13-14,24H,3-4,9-12H2,(H,23,26). The lowest BCUT2D eigenvalue weighted by Gasteiger charge is -2.16. The van der Waals surface area contributed by atoms with Gasteiger partial charge in [-0.15, -0.1) is 0 Å². The normalized spacial score (nSPS) is 15.1. The summed E-state index contributed by atoms with van der Waals surface area (Å²) in [4.78, 5) is 16.0. The van der Waals surface area contributed by atoms with Crippen LogP contribution in [0.2, 0.25) is 5.02 Å². The molecule has 2 heterocycles.